The van der Waals surface area contributed by atoms with Gasteiger partial charge in [0, 0.05) is 23.7 Å². The van der Waals surface area contributed by atoms with Gasteiger partial charge in [-0.3, -0.25) is 13.9 Å². The van der Waals surface area contributed by atoms with Gasteiger partial charge >= 0.3 is 0 Å². The van der Waals surface area contributed by atoms with Crippen molar-refractivity contribution in [2.45, 2.75) is 69.5 Å². The van der Waals surface area contributed by atoms with Crippen LogP contribution in [0.5, 0.6) is 17.2 Å². The van der Waals surface area contributed by atoms with Crippen LogP contribution in [0.15, 0.2) is 65.6 Å². The Morgan fingerprint density at radius 1 is 0.935 bits per heavy atom. The molecule has 248 valence electrons. The first-order valence-corrected chi connectivity index (χ1v) is 17.1. The first-order chi connectivity index (χ1) is 22.0. The number of hydrogen-bond donors (Lipinski definition) is 1. The second-order valence-electron chi connectivity index (χ2n) is 11.2. The van der Waals surface area contributed by atoms with Crippen LogP contribution < -0.4 is 23.8 Å². The number of rotatable bonds is 14. The predicted octanol–water partition coefficient (Wildman–Crippen LogP) is 5.74. The molecule has 0 spiro atoms. The fourth-order valence-electron chi connectivity index (χ4n) is 5.73. The van der Waals surface area contributed by atoms with Crippen LogP contribution in [0.1, 0.15) is 50.2 Å². The molecule has 3 aromatic rings. The Hall–Kier alpha value is -3.96. The number of aryl methyl sites for hydroxylation is 1. The van der Waals surface area contributed by atoms with Gasteiger partial charge in [0.15, 0.2) is 11.5 Å². The van der Waals surface area contributed by atoms with Crippen LogP contribution in [0.25, 0.3) is 0 Å². The molecule has 0 heterocycles. The Morgan fingerprint density at radius 2 is 1.59 bits per heavy atom. The molecule has 3 aromatic carbocycles. The van der Waals surface area contributed by atoms with Gasteiger partial charge in [-0.1, -0.05) is 55.6 Å². The van der Waals surface area contributed by atoms with Crippen LogP contribution in [0.2, 0.25) is 5.02 Å². The molecule has 2 amide bonds. The van der Waals surface area contributed by atoms with E-state index in [1.165, 1.54) is 56.6 Å². The topological polar surface area (TPSA) is 114 Å². The Bertz CT molecular complexity index is 1640. The zero-order valence-corrected chi connectivity index (χ0v) is 28.5. The number of carbonyl (C=O) groups excluding carboxylic acids is 2. The third kappa shape index (κ3) is 7.87. The molecular formula is C34H42ClN3O7S. The SMILES string of the molecule is CC[C@H](C(=O)NC1CCCC1)N(Cc1ccccc1C)C(=O)CN(c1cc(Cl)ccc1OC)S(=O)(=O)c1ccc(OC)c(OC)c1. The lowest BCUT2D eigenvalue weighted by molar-refractivity contribution is -0.140. The highest BCUT2D eigenvalue weighted by molar-refractivity contribution is 7.92. The summed E-state index contributed by atoms with van der Waals surface area (Å²) < 4.78 is 46.0. The minimum atomic E-state index is -4.43. The summed E-state index contributed by atoms with van der Waals surface area (Å²) in [6.45, 7) is 3.25. The molecule has 0 aromatic heterocycles. The number of methoxy groups -OCH3 is 3. The number of sulfonamides is 1. The minimum Gasteiger partial charge on any atom is -0.495 e. The highest BCUT2D eigenvalue weighted by Crippen LogP contribution is 2.37. The van der Waals surface area contributed by atoms with E-state index in [-0.39, 0.29) is 45.6 Å². The average Bonchev–Trinajstić information content (AvgIpc) is 3.56. The Balaban J connectivity index is 1.81. The molecule has 1 aliphatic carbocycles. The zero-order valence-electron chi connectivity index (χ0n) is 26.9. The molecule has 0 radical (unpaired) electrons. The third-order valence-electron chi connectivity index (χ3n) is 8.32. The summed E-state index contributed by atoms with van der Waals surface area (Å²) in [5.41, 5.74) is 1.85. The van der Waals surface area contributed by atoms with Crippen LogP contribution in [0, 0.1) is 6.92 Å². The van der Waals surface area contributed by atoms with Crippen LogP contribution in [-0.2, 0) is 26.2 Å². The molecule has 0 bridgehead atoms. The van der Waals surface area contributed by atoms with Crippen molar-refractivity contribution >= 4 is 39.1 Å². The number of nitrogens with zero attached hydrogens (tertiary/aromatic N) is 2. The second-order valence-corrected chi connectivity index (χ2v) is 13.5. The van der Waals surface area contributed by atoms with Crippen LogP contribution in [0.4, 0.5) is 5.69 Å². The van der Waals surface area contributed by atoms with Crippen LogP contribution >= 0.6 is 11.6 Å². The maximum absolute atomic E-state index is 14.5. The van der Waals surface area contributed by atoms with Crippen molar-refractivity contribution in [1.29, 1.82) is 0 Å². The molecule has 0 unspecified atom stereocenters. The zero-order chi connectivity index (χ0) is 33.4. The number of hydrogen-bond acceptors (Lipinski definition) is 7. The van der Waals surface area contributed by atoms with Crippen molar-refractivity contribution in [3.05, 3.63) is 76.8 Å². The van der Waals surface area contributed by atoms with E-state index in [2.05, 4.69) is 5.32 Å². The molecule has 1 atom stereocenters. The van der Waals surface area contributed by atoms with E-state index >= 15 is 0 Å². The van der Waals surface area contributed by atoms with Gasteiger partial charge in [0.25, 0.3) is 10.0 Å². The highest BCUT2D eigenvalue weighted by atomic mass is 35.5. The molecule has 1 fully saturated rings. The monoisotopic (exact) mass is 671 g/mol. The highest BCUT2D eigenvalue weighted by Gasteiger charge is 2.36. The molecule has 46 heavy (non-hydrogen) atoms. The van der Waals surface area contributed by atoms with Gasteiger partial charge in [-0.25, -0.2) is 8.42 Å². The molecule has 0 saturated heterocycles. The summed E-state index contributed by atoms with van der Waals surface area (Å²) in [6.07, 6.45) is 4.19. The quantitative estimate of drug-likeness (QED) is 0.233. The molecule has 10 nitrogen and oxygen atoms in total. The largest absolute Gasteiger partial charge is 0.495 e. The first-order valence-electron chi connectivity index (χ1n) is 15.3. The van der Waals surface area contributed by atoms with Crippen molar-refractivity contribution < 1.29 is 32.2 Å². The fourth-order valence-corrected chi connectivity index (χ4v) is 7.33. The van der Waals surface area contributed by atoms with E-state index in [4.69, 9.17) is 25.8 Å². The lowest BCUT2D eigenvalue weighted by atomic mass is 10.1. The lowest BCUT2D eigenvalue weighted by Crippen LogP contribution is -2.53. The third-order valence-corrected chi connectivity index (χ3v) is 10.3. The van der Waals surface area contributed by atoms with Gasteiger partial charge in [-0.15, -0.1) is 0 Å². The van der Waals surface area contributed by atoms with Gasteiger partial charge in [0.05, 0.1) is 31.9 Å². The van der Waals surface area contributed by atoms with Crippen molar-refractivity contribution in [2.24, 2.45) is 0 Å². The molecule has 4 rings (SSSR count). The Labute approximate surface area is 276 Å². The van der Waals surface area contributed by atoms with E-state index in [1.807, 2.05) is 38.1 Å². The number of anilines is 1. The standard InChI is InChI=1S/C34H42ClN3O7S/c1-6-28(34(40)36-26-13-9-10-14-26)37(21-24-12-8-7-11-23(24)2)33(39)22-38(29-19-25(35)15-17-30(29)43-3)46(41,42)27-16-18-31(44-4)32(20-27)45-5/h7-8,11-12,15-20,26,28H,6,9-10,13-14,21-22H2,1-5H3,(H,36,40)/t28-/m1/s1. The van der Waals surface area contributed by atoms with Gasteiger partial charge < -0.3 is 24.4 Å². The maximum atomic E-state index is 14.5. The van der Waals surface area contributed by atoms with Gasteiger partial charge in [0.1, 0.15) is 18.3 Å². The van der Waals surface area contributed by atoms with E-state index in [9.17, 15) is 18.0 Å². The summed E-state index contributed by atoms with van der Waals surface area (Å²) in [5, 5.41) is 3.37. The van der Waals surface area contributed by atoms with E-state index in [1.54, 1.807) is 6.07 Å². The Kier molecular flexibility index (Phi) is 11.8. The summed E-state index contributed by atoms with van der Waals surface area (Å²) in [5.74, 6) is -0.0944. The molecular weight excluding hydrogens is 630 g/mol. The van der Waals surface area contributed by atoms with E-state index < -0.39 is 28.5 Å². The van der Waals surface area contributed by atoms with Crippen molar-refractivity contribution in [3.63, 3.8) is 0 Å². The van der Waals surface area contributed by atoms with Crippen molar-refractivity contribution in [2.75, 3.05) is 32.2 Å². The normalized spacial score (nSPS) is 14.0. The second kappa shape index (κ2) is 15.6. The maximum Gasteiger partial charge on any atom is 0.265 e. The minimum absolute atomic E-state index is 0.0506. The van der Waals surface area contributed by atoms with Gasteiger partial charge in [-0.2, -0.15) is 0 Å². The van der Waals surface area contributed by atoms with Gasteiger partial charge in [-0.05, 0) is 67.6 Å². The van der Waals surface area contributed by atoms with Crippen LogP contribution in [0.3, 0.4) is 0 Å². The molecule has 0 aliphatic heterocycles. The summed E-state index contributed by atoms with van der Waals surface area (Å²) in [7, 11) is -0.176. The van der Waals surface area contributed by atoms with Crippen molar-refractivity contribution in [1.82, 2.24) is 10.2 Å². The number of carbonyl (C=O) groups is 2. The molecule has 1 N–H and O–H groups in total. The Morgan fingerprint density at radius 3 is 2.22 bits per heavy atom. The number of halogens is 1. The number of ether oxygens (including phenoxy) is 3. The molecule has 1 aliphatic rings. The number of nitrogens with one attached hydrogen (secondary N) is 1. The lowest BCUT2D eigenvalue weighted by Gasteiger charge is -2.34. The summed E-state index contributed by atoms with van der Waals surface area (Å²) in [6, 6.07) is 15.5. The first kappa shape index (κ1) is 34.9. The predicted molar refractivity (Wildman–Crippen MR) is 178 cm³/mol. The molecule has 12 heteroatoms. The van der Waals surface area contributed by atoms with E-state index in [0.717, 1.165) is 41.1 Å². The van der Waals surface area contributed by atoms with Crippen LogP contribution in [-0.4, -0.2) is 65.1 Å². The van der Waals surface area contributed by atoms with E-state index in [0.29, 0.717) is 12.2 Å². The smallest absolute Gasteiger partial charge is 0.265 e. The number of benzene rings is 3. The summed E-state index contributed by atoms with van der Waals surface area (Å²) in [4.78, 5) is 29.5. The van der Waals surface area contributed by atoms with Gasteiger partial charge in [0.2, 0.25) is 11.8 Å². The average molecular weight is 672 g/mol. The number of amides is 2. The van der Waals surface area contributed by atoms with Crippen molar-refractivity contribution in [3.8, 4) is 17.2 Å². The fraction of sp³-hybridized carbons (Fsp3) is 0.412. The molecule has 1 saturated carbocycles. The summed E-state index contributed by atoms with van der Waals surface area (Å²) >= 11 is 6.36.